The molecule has 0 saturated carbocycles. The fourth-order valence-electron chi connectivity index (χ4n) is 4.61. The van der Waals surface area contributed by atoms with Crippen molar-refractivity contribution in [3.8, 4) is 17.2 Å². The van der Waals surface area contributed by atoms with Crippen molar-refractivity contribution in [2.45, 2.75) is 32.2 Å². The predicted molar refractivity (Wildman–Crippen MR) is 128 cm³/mol. The number of carbonyl (C=O) groups excluding carboxylic acids is 1. The normalized spacial score (nSPS) is 19.3. The Hall–Kier alpha value is -3.06. The van der Waals surface area contributed by atoms with Crippen LogP contribution in [0.4, 0.5) is 0 Å². The molecule has 1 fully saturated rings. The molecule has 7 heteroatoms. The van der Waals surface area contributed by atoms with E-state index in [-0.39, 0.29) is 11.9 Å². The Labute approximate surface area is 195 Å². The SMILES string of the molecule is COc1ccc(C2=NN(C(=O)CN3CCC(C)CC3)C(c3ccccc3OC)C2)c(OC)c1. The number of para-hydroxylation sites is 1. The zero-order valence-corrected chi connectivity index (χ0v) is 19.9. The molecule has 33 heavy (non-hydrogen) atoms. The van der Waals surface area contributed by atoms with E-state index in [1.807, 2.05) is 42.5 Å². The first-order valence-corrected chi connectivity index (χ1v) is 11.5. The van der Waals surface area contributed by atoms with Crippen molar-refractivity contribution in [3.05, 3.63) is 53.6 Å². The van der Waals surface area contributed by atoms with Crippen LogP contribution in [0.2, 0.25) is 0 Å². The molecule has 0 radical (unpaired) electrons. The third-order valence-electron chi connectivity index (χ3n) is 6.62. The van der Waals surface area contributed by atoms with Gasteiger partial charge in [0.2, 0.25) is 0 Å². The van der Waals surface area contributed by atoms with Gasteiger partial charge in [-0.2, -0.15) is 5.10 Å². The number of hydrogen-bond acceptors (Lipinski definition) is 6. The van der Waals surface area contributed by atoms with Gasteiger partial charge in [-0.3, -0.25) is 9.69 Å². The first-order chi connectivity index (χ1) is 16.0. The predicted octanol–water partition coefficient (Wildman–Crippen LogP) is 4.12. The van der Waals surface area contributed by atoms with Crippen molar-refractivity contribution >= 4 is 11.6 Å². The summed E-state index contributed by atoms with van der Waals surface area (Å²) in [6, 6.07) is 13.3. The molecule has 2 heterocycles. The van der Waals surface area contributed by atoms with Crippen LogP contribution >= 0.6 is 0 Å². The van der Waals surface area contributed by atoms with Gasteiger partial charge in [0.25, 0.3) is 5.91 Å². The van der Waals surface area contributed by atoms with E-state index in [0.717, 1.165) is 54.4 Å². The smallest absolute Gasteiger partial charge is 0.257 e. The number of hydrazone groups is 1. The minimum Gasteiger partial charge on any atom is -0.497 e. The molecular weight excluding hydrogens is 418 g/mol. The molecule has 2 aromatic rings. The Bertz CT molecular complexity index is 1010. The molecule has 0 N–H and O–H groups in total. The van der Waals surface area contributed by atoms with Gasteiger partial charge in [-0.15, -0.1) is 0 Å². The zero-order valence-electron chi connectivity index (χ0n) is 19.9. The van der Waals surface area contributed by atoms with E-state index in [4.69, 9.17) is 19.3 Å². The number of rotatable bonds is 7. The van der Waals surface area contributed by atoms with Crippen LogP contribution in [0.15, 0.2) is 47.6 Å². The lowest BCUT2D eigenvalue weighted by atomic mass is 9.97. The van der Waals surface area contributed by atoms with Crippen molar-refractivity contribution in [1.82, 2.24) is 9.91 Å². The van der Waals surface area contributed by atoms with Crippen LogP contribution in [-0.2, 0) is 4.79 Å². The van der Waals surface area contributed by atoms with Crippen molar-refractivity contribution < 1.29 is 19.0 Å². The third-order valence-corrected chi connectivity index (χ3v) is 6.62. The largest absolute Gasteiger partial charge is 0.497 e. The van der Waals surface area contributed by atoms with Gasteiger partial charge in [0.05, 0.1) is 39.6 Å². The van der Waals surface area contributed by atoms with Crippen LogP contribution in [-0.4, -0.2) is 62.5 Å². The number of nitrogens with zero attached hydrogens (tertiary/aromatic N) is 3. The summed E-state index contributed by atoms with van der Waals surface area (Å²) in [6.45, 7) is 4.54. The molecule has 176 valence electrons. The van der Waals surface area contributed by atoms with E-state index in [1.54, 1.807) is 26.3 Å². The van der Waals surface area contributed by atoms with Crippen LogP contribution in [0.5, 0.6) is 17.2 Å². The molecule has 0 aromatic heterocycles. The highest BCUT2D eigenvalue weighted by molar-refractivity contribution is 6.05. The minimum atomic E-state index is -0.237. The monoisotopic (exact) mass is 451 g/mol. The molecule has 0 spiro atoms. The number of methoxy groups -OCH3 is 3. The lowest BCUT2D eigenvalue weighted by Gasteiger charge is -2.31. The molecule has 7 nitrogen and oxygen atoms in total. The van der Waals surface area contributed by atoms with Crippen molar-refractivity contribution in [2.75, 3.05) is 41.0 Å². The maximum Gasteiger partial charge on any atom is 0.257 e. The third kappa shape index (κ3) is 4.98. The van der Waals surface area contributed by atoms with Gasteiger partial charge in [0.1, 0.15) is 17.2 Å². The number of likely N-dealkylation sites (tertiary alicyclic amines) is 1. The van der Waals surface area contributed by atoms with Crippen molar-refractivity contribution in [3.63, 3.8) is 0 Å². The van der Waals surface area contributed by atoms with E-state index in [0.29, 0.717) is 24.5 Å². The highest BCUT2D eigenvalue weighted by Gasteiger charge is 2.36. The van der Waals surface area contributed by atoms with Gasteiger partial charge in [0.15, 0.2) is 0 Å². The van der Waals surface area contributed by atoms with Crippen molar-refractivity contribution in [2.24, 2.45) is 11.0 Å². The number of hydrogen-bond donors (Lipinski definition) is 0. The second-order valence-electron chi connectivity index (χ2n) is 8.77. The van der Waals surface area contributed by atoms with Crippen LogP contribution in [0.25, 0.3) is 0 Å². The molecule has 2 aromatic carbocycles. The maximum atomic E-state index is 13.5. The number of carbonyl (C=O) groups is 1. The first kappa shape index (κ1) is 23.1. The fourth-order valence-corrected chi connectivity index (χ4v) is 4.61. The number of amides is 1. The molecule has 0 bridgehead atoms. The molecule has 1 saturated heterocycles. The second kappa shape index (κ2) is 10.3. The zero-order chi connectivity index (χ0) is 23.4. The van der Waals surface area contributed by atoms with Gasteiger partial charge in [-0.1, -0.05) is 25.1 Å². The second-order valence-corrected chi connectivity index (χ2v) is 8.77. The van der Waals surface area contributed by atoms with Crippen LogP contribution in [0.3, 0.4) is 0 Å². The number of ether oxygens (including phenoxy) is 3. The molecule has 1 unspecified atom stereocenters. The Morgan fingerprint density at radius 3 is 2.42 bits per heavy atom. The lowest BCUT2D eigenvalue weighted by Crippen LogP contribution is -2.41. The van der Waals surface area contributed by atoms with Crippen LogP contribution in [0, 0.1) is 5.92 Å². The highest BCUT2D eigenvalue weighted by Crippen LogP contribution is 2.39. The Kier molecular flexibility index (Phi) is 7.18. The Balaban J connectivity index is 1.66. The topological polar surface area (TPSA) is 63.6 Å². The van der Waals surface area contributed by atoms with Gasteiger partial charge < -0.3 is 14.2 Å². The average Bonchev–Trinajstić information content (AvgIpc) is 3.30. The average molecular weight is 452 g/mol. The molecule has 2 aliphatic heterocycles. The number of piperidine rings is 1. The van der Waals surface area contributed by atoms with E-state index in [2.05, 4.69) is 11.8 Å². The number of benzene rings is 2. The summed E-state index contributed by atoms with van der Waals surface area (Å²) < 4.78 is 16.6. The summed E-state index contributed by atoms with van der Waals surface area (Å²) in [6.07, 6.45) is 2.83. The maximum absolute atomic E-state index is 13.5. The molecule has 4 rings (SSSR count). The van der Waals surface area contributed by atoms with Gasteiger partial charge in [0, 0.05) is 23.6 Å². The summed E-state index contributed by atoms with van der Waals surface area (Å²) in [4.78, 5) is 15.7. The summed E-state index contributed by atoms with van der Waals surface area (Å²) in [5.41, 5.74) is 2.62. The van der Waals surface area contributed by atoms with Crippen LogP contribution in [0.1, 0.15) is 43.4 Å². The standard InChI is InChI=1S/C26H33N3O4/c1-18-11-13-28(14-12-18)17-26(30)29-23(21-7-5-6-8-24(21)32-3)16-22(27-29)20-10-9-19(31-2)15-25(20)33-4/h5-10,15,18,23H,11-14,16-17H2,1-4H3. The highest BCUT2D eigenvalue weighted by atomic mass is 16.5. The van der Waals surface area contributed by atoms with E-state index < -0.39 is 0 Å². The molecule has 1 amide bonds. The van der Waals surface area contributed by atoms with Gasteiger partial charge in [-0.05, 0) is 50.0 Å². The molecule has 0 aliphatic carbocycles. The summed E-state index contributed by atoms with van der Waals surface area (Å²) >= 11 is 0. The fraction of sp³-hybridized carbons (Fsp3) is 0.462. The molecule has 1 atom stereocenters. The van der Waals surface area contributed by atoms with E-state index >= 15 is 0 Å². The lowest BCUT2D eigenvalue weighted by molar-refractivity contribution is -0.134. The Morgan fingerprint density at radius 2 is 1.73 bits per heavy atom. The molecular formula is C26H33N3O4. The minimum absolute atomic E-state index is 0.00272. The quantitative estimate of drug-likeness (QED) is 0.634. The van der Waals surface area contributed by atoms with E-state index in [9.17, 15) is 4.79 Å². The summed E-state index contributed by atoms with van der Waals surface area (Å²) in [7, 11) is 4.91. The van der Waals surface area contributed by atoms with E-state index in [1.165, 1.54) is 0 Å². The first-order valence-electron chi connectivity index (χ1n) is 11.5. The summed E-state index contributed by atoms with van der Waals surface area (Å²) in [5.74, 6) is 2.86. The molecule has 2 aliphatic rings. The van der Waals surface area contributed by atoms with Crippen molar-refractivity contribution in [1.29, 1.82) is 0 Å². The van der Waals surface area contributed by atoms with Crippen LogP contribution < -0.4 is 14.2 Å². The van der Waals surface area contributed by atoms with Gasteiger partial charge in [-0.25, -0.2) is 5.01 Å². The summed E-state index contributed by atoms with van der Waals surface area (Å²) in [5, 5.41) is 6.48. The van der Waals surface area contributed by atoms with Gasteiger partial charge >= 0.3 is 0 Å². The Morgan fingerprint density at radius 1 is 1.00 bits per heavy atom.